The van der Waals surface area contributed by atoms with Crippen LogP contribution >= 0.6 is 0 Å². The maximum Gasteiger partial charge on any atom is 0.128 e. The smallest absolute Gasteiger partial charge is 0.128 e. The van der Waals surface area contributed by atoms with Crippen LogP contribution < -0.4 is 5.32 Å². The van der Waals surface area contributed by atoms with Crippen LogP contribution in [0.25, 0.3) is 0 Å². The second-order valence-corrected chi connectivity index (χ2v) is 5.04. The van der Waals surface area contributed by atoms with E-state index >= 15 is 0 Å². The van der Waals surface area contributed by atoms with Gasteiger partial charge in [0, 0.05) is 36.5 Å². The van der Waals surface area contributed by atoms with Crippen LogP contribution in [-0.4, -0.2) is 9.78 Å². The average Bonchev–Trinajstić information content (AvgIpc) is 2.64. The van der Waals surface area contributed by atoms with Gasteiger partial charge in [0.05, 0.1) is 5.69 Å². The number of benzene rings is 1. The zero-order valence-electron chi connectivity index (χ0n) is 12.2. The van der Waals surface area contributed by atoms with Gasteiger partial charge in [0.25, 0.3) is 0 Å². The summed E-state index contributed by atoms with van der Waals surface area (Å²) in [5.41, 5.74) is 3.45. The van der Waals surface area contributed by atoms with E-state index in [9.17, 15) is 8.78 Å². The van der Waals surface area contributed by atoms with Gasteiger partial charge in [-0.1, -0.05) is 0 Å². The first-order valence-corrected chi connectivity index (χ1v) is 6.57. The SMILES string of the molecule is Cc1nn(C)c(C)c1CNC(C)c1cc(F)ccc1F. The highest BCUT2D eigenvalue weighted by atomic mass is 19.1. The van der Waals surface area contributed by atoms with E-state index in [1.54, 1.807) is 0 Å². The largest absolute Gasteiger partial charge is 0.306 e. The quantitative estimate of drug-likeness (QED) is 0.931. The van der Waals surface area contributed by atoms with E-state index < -0.39 is 11.6 Å². The fourth-order valence-corrected chi connectivity index (χ4v) is 2.28. The van der Waals surface area contributed by atoms with Crippen molar-refractivity contribution >= 4 is 0 Å². The second kappa shape index (κ2) is 5.71. The number of aryl methyl sites for hydroxylation is 2. The summed E-state index contributed by atoms with van der Waals surface area (Å²) in [5, 5.41) is 7.55. The molecule has 0 aliphatic carbocycles. The highest BCUT2D eigenvalue weighted by Gasteiger charge is 2.14. The first-order chi connectivity index (χ1) is 9.40. The van der Waals surface area contributed by atoms with Crippen molar-refractivity contribution < 1.29 is 8.78 Å². The predicted molar refractivity (Wildman–Crippen MR) is 74.3 cm³/mol. The molecule has 2 rings (SSSR count). The van der Waals surface area contributed by atoms with Crippen molar-refractivity contribution in [1.29, 1.82) is 0 Å². The van der Waals surface area contributed by atoms with Crippen LogP contribution in [-0.2, 0) is 13.6 Å². The van der Waals surface area contributed by atoms with Gasteiger partial charge in [-0.2, -0.15) is 5.10 Å². The summed E-state index contributed by atoms with van der Waals surface area (Å²) in [4.78, 5) is 0. The predicted octanol–water partition coefficient (Wildman–Crippen LogP) is 3.17. The molecule has 20 heavy (non-hydrogen) atoms. The van der Waals surface area contributed by atoms with Gasteiger partial charge in [0.15, 0.2) is 0 Å². The first kappa shape index (κ1) is 14.7. The van der Waals surface area contributed by atoms with E-state index in [-0.39, 0.29) is 6.04 Å². The normalized spacial score (nSPS) is 12.7. The Hall–Kier alpha value is -1.75. The number of nitrogens with one attached hydrogen (secondary N) is 1. The van der Waals surface area contributed by atoms with E-state index in [2.05, 4.69) is 10.4 Å². The lowest BCUT2D eigenvalue weighted by atomic mass is 10.1. The number of hydrogen-bond donors (Lipinski definition) is 1. The molecule has 0 amide bonds. The third kappa shape index (κ3) is 2.88. The zero-order valence-corrected chi connectivity index (χ0v) is 12.2. The van der Waals surface area contributed by atoms with E-state index in [0.29, 0.717) is 12.1 Å². The summed E-state index contributed by atoms with van der Waals surface area (Å²) in [6, 6.07) is 3.24. The van der Waals surface area contributed by atoms with Gasteiger partial charge < -0.3 is 5.32 Å². The standard InChI is InChI=1S/C15H19F2N3/c1-9(13-7-12(16)5-6-15(13)17)18-8-14-10(2)19-20(4)11(14)3/h5-7,9,18H,8H2,1-4H3. The Morgan fingerprint density at radius 1 is 1.30 bits per heavy atom. The molecule has 1 heterocycles. The molecule has 0 saturated heterocycles. The Morgan fingerprint density at radius 3 is 2.60 bits per heavy atom. The van der Waals surface area contributed by atoms with Crippen molar-refractivity contribution in [3.63, 3.8) is 0 Å². The number of nitrogens with zero attached hydrogens (tertiary/aromatic N) is 2. The van der Waals surface area contributed by atoms with Crippen LogP contribution in [0.4, 0.5) is 8.78 Å². The highest BCUT2D eigenvalue weighted by molar-refractivity contribution is 5.25. The van der Waals surface area contributed by atoms with Crippen molar-refractivity contribution in [3.8, 4) is 0 Å². The molecule has 0 spiro atoms. The molecule has 1 aromatic heterocycles. The van der Waals surface area contributed by atoms with E-state index in [1.807, 2.05) is 32.5 Å². The van der Waals surface area contributed by atoms with Gasteiger partial charge in [-0.05, 0) is 39.0 Å². The fraction of sp³-hybridized carbons (Fsp3) is 0.400. The zero-order chi connectivity index (χ0) is 14.9. The number of hydrogen-bond acceptors (Lipinski definition) is 2. The Labute approximate surface area is 117 Å². The molecule has 0 radical (unpaired) electrons. The number of halogens is 2. The summed E-state index contributed by atoms with van der Waals surface area (Å²) in [6.07, 6.45) is 0. The third-order valence-corrected chi connectivity index (χ3v) is 3.67. The lowest BCUT2D eigenvalue weighted by molar-refractivity contribution is 0.517. The van der Waals surface area contributed by atoms with Gasteiger partial charge in [0.2, 0.25) is 0 Å². The minimum atomic E-state index is -0.427. The van der Waals surface area contributed by atoms with Crippen molar-refractivity contribution in [3.05, 3.63) is 52.3 Å². The van der Waals surface area contributed by atoms with Gasteiger partial charge in [-0.15, -0.1) is 0 Å². The summed E-state index contributed by atoms with van der Waals surface area (Å²) >= 11 is 0. The van der Waals surface area contributed by atoms with Crippen molar-refractivity contribution in [1.82, 2.24) is 15.1 Å². The summed E-state index contributed by atoms with van der Waals surface area (Å²) in [5.74, 6) is -0.824. The molecule has 1 unspecified atom stereocenters. The molecule has 3 nitrogen and oxygen atoms in total. The molecule has 0 aliphatic heterocycles. The molecule has 0 aliphatic rings. The molecule has 2 aromatic rings. The van der Waals surface area contributed by atoms with E-state index in [1.165, 1.54) is 6.07 Å². The van der Waals surface area contributed by atoms with E-state index in [0.717, 1.165) is 29.1 Å². The molecule has 0 bridgehead atoms. The van der Waals surface area contributed by atoms with Gasteiger partial charge in [-0.25, -0.2) is 8.78 Å². The Balaban J connectivity index is 2.12. The van der Waals surface area contributed by atoms with Crippen LogP contribution in [0.2, 0.25) is 0 Å². The monoisotopic (exact) mass is 279 g/mol. The minimum Gasteiger partial charge on any atom is -0.306 e. The van der Waals surface area contributed by atoms with Crippen molar-refractivity contribution in [2.24, 2.45) is 7.05 Å². The number of aromatic nitrogens is 2. The maximum atomic E-state index is 13.7. The maximum absolute atomic E-state index is 13.7. The first-order valence-electron chi connectivity index (χ1n) is 6.57. The lowest BCUT2D eigenvalue weighted by Crippen LogP contribution is -2.20. The van der Waals surface area contributed by atoms with Gasteiger partial charge >= 0.3 is 0 Å². The lowest BCUT2D eigenvalue weighted by Gasteiger charge is -2.15. The molecule has 0 saturated carbocycles. The Morgan fingerprint density at radius 2 is 2.00 bits per heavy atom. The molecule has 1 atom stereocenters. The molecule has 108 valence electrons. The topological polar surface area (TPSA) is 29.9 Å². The van der Waals surface area contributed by atoms with Crippen molar-refractivity contribution in [2.45, 2.75) is 33.4 Å². The van der Waals surface area contributed by atoms with Gasteiger partial charge in [-0.3, -0.25) is 4.68 Å². The third-order valence-electron chi connectivity index (χ3n) is 3.67. The molecule has 5 heteroatoms. The summed E-state index contributed by atoms with van der Waals surface area (Å²) in [6.45, 7) is 6.32. The van der Waals surface area contributed by atoms with Crippen LogP contribution in [0.3, 0.4) is 0 Å². The molecule has 1 aromatic carbocycles. The minimum absolute atomic E-state index is 0.273. The van der Waals surface area contributed by atoms with Crippen LogP contribution in [0.15, 0.2) is 18.2 Å². The van der Waals surface area contributed by atoms with Crippen LogP contribution in [0, 0.1) is 25.5 Å². The van der Waals surface area contributed by atoms with Gasteiger partial charge in [0.1, 0.15) is 11.6 Å². The highest BCUT2D eigenvalue weighted by Crippen LogP contribution is 2.19. The summed E-state index contributed by atoms with van der Waals surface area (Å²) < 4.78 is 28.7. The Kier molecular flexibility index (Phi) is 4.18. The molecule has 1 N–H and O–H groups in total. The Bertz CT molecular complexity index is 620. The second-order valence-electron chi connectivity index (χ2n) is 5.04. The van der Waals surface area contributed by atoms with E-state index in [4.69, 9.17) is 0 Å². The molecule has 0 fully saturated rings. The van der Waals surface area contributed by atoms with Crippen LogP contribution in [0.5, 0.6) is 0 Å². The molecular formula is C15H19F2N3. The fourth-order valence-electron chi connectivity index (χ4n) is 2.28. The average molecular weight is 279 g/mol. The van der Waals surface area contributed by atoms with Crippen molar-refractivity contribution in [2.75, 3.05) is 0 Å². The molecular weight excluding hydrogens is 260 g/mol. The summed E-state index contributed by atoms with van der Waals surface area (Å²) in [7, 11) is 1.89. The number of rotatable bonds is 4. The van der Waals surface area contributed by atoms with Crippen LogP contribution in [0.1, 0.15) is 35.5 Å².